The molecule has 1 aromatic heterocycles. The van der Waals surface area contributed by atoms with Crippen molar-refractivity contribution in [2.45, 2.75) is 77.4 Å². The molecule has 0 bridgehead atoms. The molecule has 2 aromatic carbocycles. The number of hydrogen-bond acceptors (Lipinski definition) is 4. The van der Waals surface area contributed by atoms with Crippen molar-refractivity contribution in [1.82, 2.24) is 9.88 Å². The van der Waals surface area contributed by atoms with Crippen molar-refractivity contribution in [1.29, 1.82) is 0 Å². The number of aromatic nitrogens is 1. The van der Waals surface area contributed by atoms with E-state index >= 15 is 0 Å². The maximum Gasteiger partial charge on any atom is 0.226 e. The number of unbranched alkanes of at least 4 members (excludes halogenated alkanes) is 1. The number of rotatable bonds is 10. The third-order valence-electron chi connectivity index (χ3n) is 6.21. The van der Waals surface area contributed by atoms with E-state index in [0.29, 0.717) is 19.0 Å². The number of thiazole rings is 1. The van der Waals surface area contributed by atoms with Gasteiger partial charge in [0.25, 0.3) is 0 Å². The Balaban J connectivity index is 1.34. The molecule has 0 atom stereocenters. The zero-order valence-corrected chi connectivity index (χ0v) is 20.9. The van der Waals surface area contributed by atoms with Crippen LogP contribution in [0.15, 0.2) is 65.0 Å². The Bertz CT molecular complexity index is 1100. The third-order valence-corrected chi connectivity index (χ3v) is 7.14. The van der Waals surface area contributed by atoms with Crippen LogP contribution in [0.1, 0.15) is 63.1 Å². The van der Waals surface area contributed by atoms with Gasteiger partial charge in [0, 0.05) is 24.2 Å². The smallest absolute Gasteiger partial charge is 0.226 e. The fraction of sp³-hybridized carbons (Fsp3) is 0.429. The zero-order valence-electron chi connectivity index (χ0n) is 20.0. The lowest BCUT2D eigenvalue weighted by Gasteiger charge is -2.17. The Labute approximate surface area is 206 Å². The summed E-state index contributed by atoms with van der Waals surface area (Å²) in [6.45, 7) is 3.63. The van der Waals surface area contributed by atoms with Crippen LogP contribution in [0.3, 0.4) is 0 Å². The Morgan fingerprint density at radius 3 is 2.53 bits per heavy atom. The van der Waals surface area contributed by atoms with Crippen LogP contribution in [0, 0.1) is 0 Å². The molecule has 5 nitrogen and oxygen atoms in total. The Morgan fingerprint density at radius 2 is 1.79 bits per heavy atom. The predicted molar refractivity (Wildman–Crippen MR) is 138 cm³/mol. The molecule has 4 rings (SSSR count). The summed E-state index contributed by atoms with van der Waals surface area (Å²) < 4.78 is 8.12. The van der Waals surface area contributed by atoms with Crippen LogP contribution in [-0.4, -0.2) is 16.5 Å². The number of para-hydroxylation sites is 1. The highest BCUT2D eigenvalue weighted by atomic mass is 32.1. The van der Waals surface area contributed by atoms with Gasteiger partial charge < -0.3 is 14.6 Å². The maximum absolute atomic E-state index is 12.7. The fourth-order valence-electron chi connectivity index (χ4n) is 4.26. The average molecular weight is 478 g/mol. The van der Waals surface area contributed by atoms with E-state index in [0.717, 1.165) is 46.9 Å². The highest BCUT2D eigenvalue weighted by Gasteiger charge is 2.14. The molecule has 1 heterocycles. The number of benzene rings is 2. The summed E-state index contributed by atoms with van der Waals surface area (Å²) in [7, 11) is 0. The minimum absolute atomic E-state index is 0.0388. The molecule has 1 N–H and O–H groups in total. The van der Waals surface area contributed by atoms with Crippen LogP contribution >= 0.6 is 11.3 Å². The fourth-order valence-corrected chi connectivity index (χ4v) is 5.26. The van der Waals surface area contributed by atoms with E-state index in [-0.39, 0.29) is 5.91 Å². The van der Waals surface area contributed by atoms with Gasteiger partial charge in [0.05, 0.1) is 12.5 Å². The summed E-state index contributed by atoms with van der Waals surface area (Å²) >= 11 is 1.68. The monoisotopic (exact) mass is 477 g/mol. The molecular formula is C28H35N3O2S. The van der Waals surface area contributed by atoms with Crippen molar-refractivity contribution < 1.29 is 9.53 Å². The van der Waals surface area contributed by atoms with Crippen molar-refractivity contribution in [2.75, 3.05) is 0 Å². The second-order valence-electron chi connectivity index (χ2n) is 8.95. The molecule has 1 aliphatic carbocycles. The second kappa shape index (κ2) is 12.6. The van der Waals surface area contributed by atoms with E-state index in [1.807, 2.05) is 54.6 Å². The van der Waals surface area contributed by atoms with Gasteiger partial charge in [-0.1, -0.05) is 62.9 Å². The lowest BCUT2D eigenvalue weighted by atomic mass is 9.96. The van der Waals surface area contributed by atoms with Crippen molar-refractivity contribution in [2.24, 2.45) is 4.99 Å². The lowest BCUT2D eigenvalue weighted by Crippen LogP contribution is -2.28. The van der Waals surface area contributed by atoms with Crippen molar-refractivity contribution in [3.05, 3.63) is 76.0 Å². The molecule has 1 fully saturated rings. The molecule has 0 saturated heterocycles. The Hall–Kier alpha value is -2.86. The summed E-state index contributed by atoms with van der Waals surface area (Å²) in [5.74, 6) is 1.63. The van der Waals surface area contributed by atoms with E-state index in [1.54, 1.807) is 11.3 Å². The number of ether oxygens (including phenoxy) is 1. The van der Waals surface area contributed by atoms with E-state index in [9.17, 15) is 4.79 Å². The number of nitrogens with zero attached hydrogens (tertiary/aromatic N) is 2. The van der Waals surface area contributed by atoms with Crippen LogP contribution in [0.5, 0.6) is 11.5 Å². The topological polar surface area (TPSA) is 55.6 Å². The molecule has 0 radical (unpaired) electrons. The third kappa shape index (κ3) is 7.07. The van der Waals surface area contributed by atoms with Gasteiger partial charge in [-0.05, 0) is 49.1 Å². The minimum atomic E-state index is 0.0388. The Kier molecular flexibility index (Phi) is 8.97. The first-order valence-electron chi connectivity index (χ1n) is 12.5. The van der Waals surface area contributed by atoms with Crippen molar-refractivity contribution in [3.63, 3.8) is 0 Å². The lowest BCUT2D eigenvalue weighted by molar-refractivity contribution is -0.120. The predicted octanol–water partition coefficient (Wildman–Crippen LogP) is 6.23. The van der Waals surface area contributed by atoms with Gasteiger partial charge in [-0.3, -0.25) is 9.79 Å². The largest absolute Gasteiger partial charge is 0.457 e. The van der Waals surface area contributed by atoms with Crippen molar-refractivity contribution >= 4 is 17.2 Å². The number of amides is 1. The molecule has 3 aromatic rings. The van der Waals surface area contributed by atoms with Crippen LogP contribution in [0.4, 0.5) is 0 Å². The first-order chi connectivity index (χ1) is 16.7. The molecule has 1 amide bonds. The van der Waals surface area contributed by atoms with Gasteiger partial charge in [-0.15, -0.1) is 11.3 Å². The summed E-state index contributed by atoms with van der Waals surface area (Å²) in [6.07, 6.45) is 8.89. The molecule has 0 unspecified atom stereocenters. The summed E-state index contributed by atoms with van der Waals surface area (Å²) in [5.41, 5.74) is 2.11. The quantitative estimate of drug-likeness (QED) is 0.376. The summed E-state index contributed by atoms with van der Waals surface area (Å²) in [4.78, 5) is 18.9. The molecule has 34 heavy (non-hydrogen) atoms. The van der Waals surface area contributed by atoms with Gasteiger partial charge in [-0.2, -0.15) is 0 Å². The van der Waals surface area contributed by atoms with E-state index in [1.165, 1.54) is 32.1 Å². The number of carbonyl (C=O) groups excluding carboxylic acids is 1. The average Bonchev–Trinajstić information content (AvgIpc) is 3.24. The van der Waals surface area contributed by atoms with Crippen LogP contribution < -0.4 is 14.9 Å². The standard InChI is InChI=1S/C28H35N3O2S/c1-2-3-18-31-24(21-34-28(31)30-23-10-6-4-7-11-23)19-27(32)29-20-22-14-16-26(17-15-22)33-25-12-8-5-9-13-25/h5,8-9,12-17,21,23H,2-4,6-7,10-11,18-20H2,1H3,(H,29,32). The van der Waals surface area contributed by atoms with Gasteiger partial charge in [0.15, 0.2) is 4.80 Å². The van der Waals surface area contributed by atoms with Crippen molar-refractivity contribution in [3.8, 4) is 11.5 Å². The van der Waals surface area contributed by atoms with Gasteiger partial charge >= 0.3 is 0 Å². The minimum Gasteiger partial charge on any atom is -0.457 e. The first-order valence-corrected chi connectivity index (χ1v) is 13.4. The molecular weight excluding hydrogens is 442 g/mol. The van der Waals surface area contributed by atoms with E-state index < -0.39 is 0 Å². The Morgan fingerprint density at radius 1 is 1.06 bits per heavy atom. The first kappa shape index (κ1) is 24.3. The zero-order chi connectivity index (χ0) is 23.6. The molecule has 180 valence electrons. The number of nitrogens with one attached hydrogen (secondary N) is 1. The molecule has 1 saturated carbocycles. The molecule has 1 aliphatic rings. The SMILES string of the molecule is CCCCn1c(CC(=O)NCc2ccc(Oc3ccccc3)cc2)csc1=NC1CCCCC1. The van der Waals surface area contributed by atoms with Gasteiger partial charge in [0.1, 0.15) is 11.5 Å². The highest BCUT2D eigenvalue weighted by Crippen LogP contribution is 2.22. The van der Waals surface area contributed by atoms with Gasteiger partial charge in [0.2, 0.25) is 5.91 Å². The van der Waals surface area contributed by atoms with E-state index in [4.69, 9.17) is 9.73 Å². The molecule has 0 aliphatic heterocycles. The van der Waals surface area contributed by atoms with Crippen LogP contribution in [0.25, 0.3) is 0 Å². The van der Waals surface area contributed by atoms with Gasteiger partial charge in [-0.25, -0.2) is 0 Å². The molecule has 0 spiro atoms. The maximum atomic E-state index is 12.7. The van der Waals surface area contributed by atoms with Crippen LogP contribution in [0.2, 0.25) is 0 Å². The number of carbonyl (C=O) groups is 1. The number of hydrogen-bond donors (Lipinski definition) is 1. The van der Waals surface area contributed by atoms with E-state index in [2.05, 4.69) is 22.2 Å². The summed E-state index contributed by atoms with van der Waals surface area (Å²) in [5, 5.41) is 5.19. The summed E-state index contributed by atoms with van der Waals surface area (Å²) in [6, 6.07) is 18.0. The molecule has 6 heteroatoms. The van der Waals surface area contributed by atoms with Crippen LogP contribution in [-0.2, 0) is 24.3 Å². The normalized spacial score (nSPS) is 14.8. The highest BCUT2D eigenvalue weighted by molar-refractivity contribution is 7.07. The second-order valence-corrected chi connectivity index (χ2v) is 9.78.